The first kappa shape index (κ1) is 19.4. The molecule has 0 aliphatic carbocycles. The largest absolute Gasteiger partial charge is 0.306 e. The molecule has 0 aliphatic heterocycles. The van der Waals surface area contributed by atoms with E-state index in [9.17, 15) is 0 Å². The summed E-state index contributed by atoms with van der Waals surface area (Å²) in [6.07, 6.45) is 1.15. The molecular formula is C22H29BNP. The highest BCUT2D eigenvalue weighted by molar-refractivity contribution is 7.95. The van der Waals surface area contributed by atoms with Gasteiger partial charge in [0.1, 0.15) is 23.2 Å². The van der Waals surface area contributed by atoms with Crippen molar-refractivity contribution in [2.45, 2.75) is 0 Å². The molecule has 3 rings (SSSR count). The maximum absolute atomic E-state index is 2.31. The molecule has 0 fully saturated rings. The lowest BCUT2D eigenvalue weighted by Gasteiger charge is -2.28. The van der Waals surface area contributed by atoms with E-state index in [0.717, 1.165) is 12.7 Å². The smallest absolute Gasteiger partial charge is 0.113 e. The maximum Gasteiger partial charge on any atom is 0.113 e. The predicted octanol–water partition coefficient (Wildman–Crippen LogP) is 2.09. The van der Waals surface area contributed by atoms with Crippen molar-refractivity contribution in [2.75, 3.05) is 26.8 Å². The zero-order valence-corrected chi connectivity index (χ0v) is 15.4. The number of benzene rings is 3. The van der Waals surface area contributed by atoms with E-state index >= 15 is 0 Å². The van der Waals surface area contributed by atoms with E-state index < -0.39 is 7.26 Å². The highest BCUT2D eigenvalue weighted by Gasteiger charge is 2.44. The molecule has 0 spiro atoms. The number of hydrogen-bond donors (Lipinski definition) is 0. The van der Waals surface area contributed by atoms with E-state index in [1.807, 2.05) is 0 Å². The summed E-state index contributed by atoms with van der Waals surface area (Å²) in [6.45, 7) is 1.08. The minimum Gasteiger partial charge on any atom is -0.306 e. The van der Waals surface area contributed by atoms with Gasteiger partial charge in [0, 0.05) is 6.54 Å². The van der Waals surface area contributed by atoms with Crippen molar-refractivity contribution in [3.63, 3.8) is 0 Å². The molecule has 0 atom stereocenters. The Morgan fingerprint density at radius 1 is 0.600 bits per heavy atom. The normalized spacial score (nSPS) is 11.2. The molecule has 3 aromatic rings. The lowest BCUT2D eigenvalue weighted by atomic mass is 10.4. The topological polar surface area (TPSA) is 3.24 Å². The molecule has 0 radical (unpaired) electrons. The van der Waals surface area contributed by atoms with Crippen molar-refractivity contribution >= 4 is 31.6 Å². The molecule has 0 amide bonds. The van der Waals surface area contributed by atoms with Gasteiger partial charge in [-0.05, 0) is 50.5 Å². The second-order valence-electron chi connectivity index (χ2n) is 6.34. The van der Waals surface area contributed by atoms with Crippen LogP contribution in [0.25, 0.3) is 0 Å². The summed E-state index contributed by atoms with van der Waals surface area (Å²) in [5.74, 6) is 0. The van der Waals surface area contributed by atoms with Crippen LogP contribution >= 0.6 is 7.26 Å². The molecule has 0 N–H and O–H groups in total. The molecule has 0 heterocycles. The van der Waals surface area contributed by atoms with Crippen molar-refractivity contribution in [3.8, 4) is 0 Å². The molecule has 0 aliphatic rings. The van der Waals surface area contributed by atoms with Gasteiger partial charge >= 0.3 is 0 Å². The van der Waals surface area contributed by atoms with Crippen LogP contribution in [0.3, 0.4) is 0 Å². The Labute approximate surface area is 154 Å². The average molecular weight is 349 g/mol. The fraction of sp³-hybridized carbons (Fsp3) is 0.182. The first-order chi connectivity index (χ1) is 11.7. The van der Waals surface area contributed by atoms with Gasteiger partial charge in [-0.15, -0.1) is 0 Å². The summed E-state index contributed by atoms with van der Waals surface area (Å²) >= 11 is 0. The third kappa shape index (κ3) is 4.21. The molecule has 130 valence electrons. The second-order valence-corrected chi connectivity index (χ2v) is 9.96. The summed E-state index contributed by atoms with van der Waals surface area (Å²) in [7, 11) is 2.68. The highest BCUT2D eigenvalue weighted by atomic mass is 31.2. The number of rotatable bonds is 6. The molecule has 0 saturated heterocycles. The van der Waals surface area contributed by atoms with Gasteiger partial charge in [-0.3, -0.25) is 0 Å². The summed E-state index contributed by atoms with van der Waals surface area (Å²) in [5.41, 5.74) is 0. The van der Waals surface area contributed by atoms with Crippen molar-refractivity contribution in [1.82, 2.24) is 4.90 Å². The summed E-state index contributed by atoms with van der Waals surface area (Å²) in [5, 5.41) is 4.39. The predicted molar refractivity (Wildman–Crippen MR) is 120 cm³/mol. The third-order valence-corrected chi connectivity index (χ3v) is 8.88. The molecule has 1 nitrogen and oxygen atoms in total. The minimum absolute atomic E-state index is 0. The lowest BCUT2D eigenvalue weighted by Crippen LogP contribution is -2.36. The van der Waals surface area contributed by atoms with Crippen molar-refractivity contribution in [3.05, 3.63) is 91.0 Å². The maximum atomic E-state index is 2.31. The quantitative estimate of drug-likeness (QED) is 0.487. The van der Waals surface area contributed by atoms with Gasteiger partial charge < -0.3 is 4.90 Å². The van der Waals surface area contributed by atoms with Gasteiger partial charge in [0.2, 0.25) is 0 Å². The lowest BCUT2D eigenvalue weighted by molar-refractivity contribution is 0.436. The van der Waals surface area contributed by atoms with E-state index in [0.29, 0.717) is 0 Å². The van der Waals surface area contributed by atoms with E-state index in [1.54, 1.807) is 0 Å². The Bertz CT molecular complexity index is 648. The fourth-order valence-corrected chi connectivity index (χ4v) is 7.64. The molecule has 25 heavy (non-hydrogen) atoms. The molecule has 3 heteroatoms. The second kappa shape index (κ2) is 8.99. The van der Waals surface area contributed by atoms with Crippen LogP contribution in [0.2, 0.25) is 0 Å². The van der Waals surface area contributed by atoms with Crippen molar-refractivity contribution in [2.24, 2.45) is 0 Å². The van der Waals surface area contributed by atoms with Crippen molar-refractivity contribution < 1.29 is 0 Å². The Morgan fingerprint density at radius 2 is 0.920 bits per heavy atom. The van der Waals surface area contributed by atoms with Gasteiger partial charge in [0.25, 0.3) is 0 Å². The Balaban J connectivity index is 0.00000225. The zero-order chi connectivity index (χ0) is 16.8. The van der Waals surface area contributed by atoms with Crippen LogP contribution in [0.15, 0.2) is 91.0 Å². The minimum atomic E-state index is -1.65. The molecule has 0 unspecified atom stereocenters. The zero-order valence-electron chi connectivity index (χ0n) is 14.5. The van der Waals surface area contributed by atoms with Crippen LogP contribution in [0.5, 0.6) is 0 Å². The Kier molecular flexibility index (Phi) is 6.99. The summed E-state index contributed by atoms with van der Waals surface area (Å²) in [6, 6.07) is 33.2. The molecular weight excluding hydrogens is 320 g/mol. The standard InChI is InChI=1S/C22H25NP.BH4/c1-23(2)18-19-24(20-12-6-3-7-13-20,21-14-8-4-9-15-21)22-16-10-5-11-17-22;/h3-17H,18-19H2,1-2H3;1H4/q+1;-1. The molecule has 3 aromatic carbocycles. The third-order valence-electron chi connectivity index (χ3n) is 4.47. The van der Waals surface area contributed by atoms with Gasteiger partial charge in [-0.1, -0.05) is 63.0 Å². The van der Waals surface area contributed by atoms with E-state index in [1.165, 1.54) is 15.9 Å². The monoisotopic (exact) mass is 349 g/mol. The molecule has 0 saturated carbocycles. The SMILES string of the molecule is CN(C)CC[P+](c1ccccc1)(c1ccccc1)c1ccccc1.[BH4-]. The number of nitrogens with zero attached hydrogens (tertiary/aromatic N) is 1. The van der Waals surface area contributed by atoms with E-state index in [-0.39, 0.29) is 8.41 Å². The van der Waals surface area contributed by atoms with E-state index in [2.05, 4.69) is 110 Å². The molecule has 0 aromatic heterocycles. The average Bonchev–Trinajstić information content (AvgIpc) is 2.65. The first-order valence-corrected chi connectivity index (χ1v) is 10.4. The van der Waals surface area contributed by atoms with Crippen LogP contribution in [0.4, 0.5) is 0 Å². The van der Waals surface area contributed by atoms with Gasteiger partial charge in [-0.2, -0.15) is 0 Å². The number of hydrogen-bond acceptors (Lipinski definition) is 1. The van der Waals surface area contributed by atoms with Gasteiger partial charge in [0.05, 0.1) is 6.16 Å². The van der Waals surface area contributed by atoms with Crippen molar-refractivity contribution in [1.29, 1.82) is 0 Å². The van der Waals surface area contributed by atoms with Crippen LogP contribution in [0.1, 0.15) is 0 Å². The Hall–Kier alpha value is -1.89. The van der Waals surface area contributed by atoms with Gasteiger partial charge in [0.15, 0.2) is 0 Å². The summed E-state index contributed by atoms with van der Waals surface area (Å²) in [4.78, 5) is 2.30. The Morgan fingerprint density at radius 3 is 1.20 bits per heavy atom. The van der Waals surface area contributed by atoms with Crippen LogP contribution in [-0.4, -0.2) is 40.1 Å². The summed E-state index contributed by atoms with van der Waals surface area (Å²) < 4.78 is 0. The van der Waals surface area contributed by atoms with E-state index in [4.69, 9.17) is 0 Å². The van der Waals surface area contributed by atoms with Gasteiger partial charge in [-0.25, -0.2) is 0 Å². The van der Waals surface area contributed by atoms with Crippen LogP contribution < -0.4 is 15.9 Å². The van der Waals surface area contributed by atoms with Crippen LogP contribution in [-0.2, 0) is 0 Å². The molecule has 0 bridgehead atoms. The van der Waals surface area contributed by atoms with Crippen LogP contribution in [0, 0.1) is 0 Å². The fourth-order valence-electron chi connectivity index (χ4n) is 3.23. The highest BCUT2D eigenvalue weighted by Crippen LogP contribution is 2.54. The first-order valence-electron chi connectivity index (χ1n) is 8.43.